The zero-order valence-corrected chi connectivity index (χ0v) is 13.1. The summed E-state index contributed by atoms with van der Waals surface area (Å²) in [6.45, 7) is 0. The Hall–Kier alpha value is -1.43. The van der Waals surface area contributed by atoms with Crippen molar-refractivity contribution in [2.24, 2.45) is 11.8 Å². The van der Waals surface area contributed by atoms with Gasteiger partial charge in [-0.2, -0.15) is 0 Å². The van der Waals surface area contributed by atoms with Crippen molar-refractivity contribution in [3.63, 3.8) is 0 Å². The van der Waals surface area contributed by atoms with Crippen molar-refractivity contribution >= 4 is 5.91 Å². The van der Waals surface area contributed by atoms with Crippen LogP contribution in [0.4, 0.5) is 0 Å². The van der Waals surface area contributed by atoms with Crippen LogP contribution in [0.25, 0.3) is 0 Å². The molecule has 0 bridgehead atoms. The van der Waals surface area contributed by atoms with Gasteiger partial charge in [-0.05, 0) is 30.7 Å². The summed E-state index contributed by atoms with van der Waals surface area (Å²) in [5.41, 5.74) is 7.32. The van der Waals surface area contributed by atoms with Crippen LogP contribution in [0, 0.1) is 11.8 Å². The molecule has 5 heteroatoms. The van der Waals surface area contributed by atoms with Gasteiger partial charge >= 0.3 is 0 Å². The molecule has 1 aromatic rings. The highest BCUT2D eigenvalue weighted by Gasteiger charge is 2.46. The van der Waals surface area contributed by atoms with Crippen molar-refractivity contribution in [1.29, 1.82) is 0 Å². The van der Waals surface area contributed by atoms with Crippen LogP contribution in [-0.4, -0.2) is 38.4 Å². The predicted molar refractivity (Wildman–Crippen MR) is 83.0 cm³/mol. The van der Waals surface area contributed by atoms with Crippen LogP contribution in [0.3, 0.4) is 0 Å². The normalized spacial score (nSPS) is 34.8. The van der Waals surface area contributed by atoms with Gasteiger partial charge in [-0.3, -0.25) is 10.2 Å². The Kier molecular flexibility index (Phi) is 4.76. The maximum Gasteiger partial charge on any atom is 0.237 e. The third-order valence-corrected chi connectivity index (χ3v) is 5.06. The quantitative estimate of drug-likeness (QED) is 0.880. The smallest absolute Gasteiger partial charge is 0.237 e. The fourth-order valence-electron chi connectivity index (χ4n) is 3.84. The lowest BCUT2D eigenvalue weighted by molar-refractivity contribution is -0.145. The molecule has 0 radical (unpaired) electrons. The number of amides is 1. The highest BCUT2D eigenvalue weighted by Crippen LogP contribution is 2.37. The molecule has 2 aliphatic rings. The number of ether oxygens (including phenoxy) is 2. The van der Waals surface area contributed by atoms with Crippen LogP contribution in [0.1, 0.15) is 18.4 Å². The van der Waals surface area contributed by atoms with E-state index in [4.69, 9.17) is 9.47 Å². The van der Waals surface area contributed by atoms with Crippen molar-refractivity contribution in [1.82, 2.24) is 10.9 Å². The number of carbonyl (C=O) groups is 1. The number of methoxy groups -OCH3 is 2. The Labute approximate surface area is 131 Å². The molecule has 120 valence electrons. The molecule has 0 aromatic heterocycles. The van der Waals surface area contributed by atoms with E-state index in [9.17, 15) is 4.79 Å². The van der Waals surface area contributed by atoms with Gasteiger partial charge in [0.15, 0.2) is 0 Å². The standard InChI is InChI=1S/C17H24N2O3/c1-21-15-9-12-13(10-16(15)22-2)17(20)19-18-14(12)8-11-6-4-3-5-7-11/h3-7,12-16,18H,8-10H2,1-2H3,(H,19,20). The molecule has 3 rings (SSSR count). The summed E-state index contributed by atoms with van der Waals surface area (Å²) in [7, 11) is 3.41. The minimum absolute atomic E-state index is 0.00697. The molecule has 5 atom stereocenters. The molecule has 0 spiro atoms. The number of carbonyl (C=O) groups excluding carboxylic acids is 1. The molecule has 2 fully saturated rings. The summed E-state index contributed by atoms with van der Waals surface area (Å²) in [5, 5.41) is 0. The lowest BCUT2D eigenvalue weighted by Gasteiger charge is -2.46. The van der Waals surface area contributed by atoms with E-state index in [1.807, 2.05) is 18.2 Å². The first-order valence-corrected chi connectivity index (χ1v) is 7.87. The summed E-state index contributed by atoms with van der Waals surface area (Å²) in [6, 6.07) is 10.6. The maximum atomic E-state index is 12.2. The number of rotatable bonds is 4. The van der Waals surface area contributed by atoms with Gasteiger partial charge in [-0.15, -0.1) is 0 Å². The number of hydrazine groups is 1. The van der Waals surface area contributed by atoms with Crippen molar-refractivity contribution in [2.45, 2.75) is 37.5 Å². The van der Waals surface area contributed by atoms with Crippen molar-refractivity contribution in [2.75, 3.05) is 14.2 Å². The van der Waals surface area contributed by atoms with E-state index in [1.165, 1.54) is 5.56 Å². The molecular weight excluding hydrogens is 280 g/mol. The Morgan fingerprint density at radius 2 is 1.77 bits per heavy atom. The second-order valence-electron chi connectivity index (χ2n) is 6.22. The SMILES string of the molecule is COC1CC2C(=O)NNC(Cc3ccccc3)C2CC1OC. The van der Waals surface area contributed by atoms with Gasteiger partial charge in [0.05, 0.1) is 12.2 Å². The Bertz CT molecular complexity index is 508. The van der Waals surface area contributed by atoms with Crippen LogP contribution >= 0.6 is 0 Å². The summed E-state index contributed by atoms with van der Waals surface area (Å²) in [5.74, 6) is 0.336. The van der Waals surface area contributed by atoms with Gasteiger partial charge in [-0.25, -0.2) is 5.43 Å². The van der Waals surface area contributed by atoms with Crippen molar-refractivity contribution in [3.05, 3.63) is 35.9 Å². The Morgan fingerprint density at radius 1 is 1.09 bits per heavy atom. The third-order valence-electron chi connectivity index (χ3n) is 5.06. The van der Waals surface area contributed by atoms with Gasteiger partial charge < -0.3 is 9.47 Å². The van der Waals surface area contributed by atoms with Crippen molar-refractivity contribution < 1.29 is 14.3 Å². The van der Waals surface area contributed by atoms with E-state index < -0.39 is 0 Å². The van der Waals surface area contributed by atoms with Crippen LogP contribution in [0.2, 0.25) is 0 Å². The summed E-state index contributed by atoms with van der Waals surface area (Å²) >= 11 is 0. The maximum absolute atomic E-state index is 12.2. The third kappa shape index (κ3) is 3.02. The number of fused-ring (bicyclic) bond motifs is 1. The van der Waals surface area contributed by atoms with Crippen LogP contribution in [-0.2, 0) is 20.7 Å². The van der Waals surface area contributed by atoms with Crippen LogP contribution in [0.5, 0.6) is 0 Å². The minimum atomic E-state index is -0.00804. The number of hydrogen-bond acceptors (Lipinski definition) is 4. The molecule has 1 aromatic carbocycles. The van der Waals surface area contributed by atoms with Crippen LogP contribution < -0.4 is 10.9 Å². The molecule has 1 aliphatic heterocycles. The molecule has 5 nitrogen and oxygen atoms in total. The van der Waals surface area contributed by atoms with E-state index >= 15 is 0 Å². The van der Waals surface area contributed by atoms with E-state index in [2.05, 4.69) is 23.0 Å². The summed E-state index contributed by atoms with van der Waals surface area (Å²) < 4.78 is 11.1. The Balaban J connectivity index is 1.77. The second-order valence-corrected chi connectivity index (χ2v) is 6.22. The van der Waals surface area contributed by atoms with Crippen molar-refractivity contribution in [3.8, 4) is 0 Å². The molecule has 1 amide bonds. The van der Waals surface area contributed by atoms with Crippen LogP contribution in [0.15, 0.2) is 30.3 Å². The first-order valence-electron chi connectivity index (χ1n) is 7.87. The lowest BCUT2D eigenvalue weighted by atomic mass is 9.70. The predicted octanol–water partition coefficient (Wildman–Crippen LogP) is 1.29. The number of hydrogen-bond donors (Lipinski definition) is 2. The number of benzene rings is 1. The first-order chi connectivity index (χ1) is 10.7. The average Bonchev–Trinajstić information content (AvgIpc) is 2.57. The van der Waals surface area contributed by atoms with E-state index in [0.717, 1.165) is 19.3 Å². The lowest BCUT2D eigenvalue weighted by Crippen LogP contribution is -2.63. The molecule has 22 heavy (non-hydrogen) atoms. The largest absolute Gasteiger partial charge is 0.379 e. The monoisotopic (exact) mass is 304 g/mol. The second kappa shape index (κ2) is 6.77. The highest BCUT2D eigenvalue weighted by molar-refractivity contribution is 5.79. The number of nitrogens with one attached hydrogen (secondary N) is 2. The molecule has 1 saturated carbocycles. The molecule has 1 heterocycles. The van der Waals surface area contributed by atoms with Gasteiger partial charge in [0.25, 0.3) is 0 Å². The first kappa shape index (κ1) is 15.5. The zero-order valence-electron chi connectivity index (χ0n) is 13.1. The van der Waals surface area contributed by atoms with E-state index in [-0.39, 0.29) is 36.0 Å². The highest BCUT2D eigenvalue weighted by atomic mass is 16.5. The zero-order chi connectivity index (χ0) is 15.5. The fraction of sp³-hybridized carbons (Fsp3) is 0.588. The van der Waals surface area contributed by atoms with Gasteiger partial charge in [0.2, 0.25) is 5.91 Å². The van der Waals surface area contributed by atoms with Gasteiger partial charge in [0.1, 0.15) is 0 Å². The molecule has 1 saturated heterocycles. The minimum Gasteiger partial charge on any atom is -0.379 e. The van der Waals surface area contributed by atoms with E-state index in [1.54, 1.807) is 14.2 Å². The van der Waals surface area contributed by atoms with Gasteiger partial charge in [-0.1, -0.05) is 30.3 Å². The topological polar surface area (TPSA) is 59.6 Å². The van der Waals surface area contributed by atoms with E-state index in [0.29, 0.717) is 0 Å². The molecular formula is C17H24N2O3. The molecule has 2 N–H and O–H groups in total. The average molecular weight is 304 g/mol. The summed E-state index contributed by atoms with van der Waals surface area (Å²) in [6.07, 6.45) is 2.51. The van der Waals surface area contributed by atoms with Gasteiger partial charge in [0, 0.05) is 26.2 Å². The summed E-state index contributed by atoms with van der Waals surface area (Å²) in [4.78, 5) is 12.2. The molecule has 5 unspecified atom stereocenters. The fourth-order valence-corrected chi connectivity index (χ4v) is 3.84. The molecule has 1 aliphatic carbocycles. The Morgan fingerprint density at radius 3 is 2.45 bits per heavy atom.